The van der Waals surface area contributed by atoms with Gasteiger partial charge in [0.15, 0.2) is 5.11 Å². The number of nitrogens with zero attached hydrogens (tertiary/aromatic N) is 1. The summed E-state index contributed by atoms with van der Waals surface area (Å²) in [7, 11) is 1.53. The first-order chi connectivity index (χ1) is 14.2. The van der Waals surface area contributed by atoms with Crippen molar-refractivity contribution in [1.29, 1.82) is 0 Å². The molecule has 11 heteroatoms. The third-order valence-electron chi connectivity index (χ3n) is 4.41. The number of halogens is 2. The van der Waals surface area contributed by atoms with Crippen LogP contribution in [0.15, 0.2) is 53.4 Å². The molecule has 3 rings (SSSR count). The molecule has 7 nitrogen and oxygen atoms in total. The Morgan fingerprint density at radius 2 is 1.80 bits per heavy atom. The number of ether oxygens (including phenoxy) is 1. The van der Waals surface area contributed by atoms with Gasteiger partial charge in [-0.15, -0.1) is 0 Å². The number of thioether (sulfide) groups is 1. The van der Waals surface area contributed by atoms with E-state index < -0.39 is 23.2 Å². The maximum absolute atomic E-state index is 12.9. The van der Waals surface area contributed by atoms with Gasteiger partial charge in [0, 0.05) is 10.6 Å². The minimum atomic E-state index is -2.51. The molecule has 1 saturated heterocycles. The van der Waals surface area contributed by atoms with E-state index in [9.17, 15) is 18.4 Å². The Hall–Kier alpha value is -2.92. The quantitative estimate of drug-likeness (QED) is 0.350. The van der Waals surface area contributed by atoms with Crippen molar-refractivity contribution in [1.82, 2.24) is 15.8 Å². The van der Waals surface area contributed by atoms with E-state index in [-0.39, 0.29) is 5.11 Å². The summed E-state index contributed by atoms with van der Waals surface area (Å²) in [5, 5.41) is 6.24. The molecule has 1 atom stereocenters. The van der Waals surface area contributed by atoms with Gasteiger partial charge in [0.05, 0.1) is 7.11 Å². The number of anilines is 1. The molecular weight excluding hydrogens is 434 g/mol. The van der Waals surface area contributed by atoms with Gasteiger partial charge >= 0.3 is 6.03 Å². The number of imide groups is 1. The number of thiocarbonyl (C=S) groups is 1. The molecule has 0 spiro atoms. The van der Waals surface area contributed by atoms with Gasteiger partial charge in [-0.3, -0.25) is 10.2 Å². The van der Waals surface area contributed by atoms with Crippen LogP contribution in [0.2, 0.25) is 0 Å². The minimum absolute atomic E-state index is 0.00764. The van der Waals surface area contributed by atoms with Gasteiger partial charge in [-0.05, 0) is 61.1 Å². The number of carbonyl (C=O) groups is 2. The largest absolute Gasteiger partial charge is 0.497 e. The number of carbonyl (C=O) groups excluding carboxylic acids is 2. The third-order valence-corrected chi connectivity index (χ3v) is 5.32. The van der Waals surface area contributed by atoms with E-state index in [2.05, 4.69) is 16.1 Å². The molecule has 0 aromatic heterocycles. The Bertz CT molecular complexity index is 957. The molecule has 1 heterocycles. The van der Waals surface area contributed by atoms with Crippen LogP contribution in [0.5, 0.6) is 5.75 Å². The maximum Gasteiger partial charge on any atom is 0.344 e. The highest BCUT2D eigenvalue weighted by Gasteiger charge is 2.49. The first-order valence-electron chi connectivity index (χ1n) is 8.66. The van der Waals surface area contributed by atoms with Crippen molar-refractivity contribution in [3.05, 3.63) is 54.1 Å². The first-order valence-corrected chi connectivity index (χ1v) is 9.95. The molecule has 0 aliphatic carbocycles. The van der Waals surface area contributed by atoms with E-state index >= 15 is 0 Å². The van der Waals surface area contributed by atoms with Crippen LogP contribution in [0.4, 0.5) is 19.3 Å². The highest BCUT2D eigenvalue weighted by molar-refractivity contribution is 7.99. The van der Waals surface area contributed by atoms with Crippen molar-refractivity contribution in [2.45, 2.75) is 23.1 Å². The third kappa shape index (κ3) is 4.62. The van der Waals surface area contributed by atoms with Crippen molar-refractivity contribution in [2.24, 2.45) is 0 Å². The van der Waals surface area contributed by atoms with Crippen LogP contribution >= 0.6 is 24.0 Å². The second-order valence-corrected chi connectivity index (χ2v) is 7.86. The van der Waals surface area contributed by atoms with E-state index in [1.54, 1.807) is 43.3 Å². The lowest BCUT2D eigenvalue weighted by molar-refractivity contribution is -0.132. The van der Waals surface area contributed by atoms with Crippen LogP contribution in [-0.4, -0.2) is 34.9 Å². The normalized spacial score (nSPS) is 18.4. The Morgan fingerprint density at radius 3 is 2.37 bits per heavy atom. The van der Waals surface area contributed by atoms with Gasteiger partial charge in [0.1, 0.15) is 11.3 Å². The molecule has 1 aliphatic heterocycles. The maximum atomic E-state index is 12.9. The number of rotatable bonds is 6. The highest BCUT2D eigenvalue weighted by Crippen LogP contribution is 2.29. The zero-order valence-electron chi connectivity index (χ0n) is 15.9. The van der Waals surface area contributed by atoms with Crippen LogP contribution in [0.3, 0.4) is 0 Å². The van der Waals surface area contributed by atoms with E-state index in [0.717, 1.165) is 5.01 Å². The summed E-state index contributed by atoms with van der Waals surface area (Å²) in [6, 6.07) is 12.2. The minimum Gasteiger partial charge on any atom is -0.497 e. The van der Waals surface area contributed by atoms with Crippen molar-refractivity contribution < 1.29 is 23.1 Å². The van der Waals surface area contributed by atoms with Crippen LogP contribution in [0.25, 0.3) is 0 Å². The predicted octanol–water partition coefficient (Wildman–Crippen LogP) is 3.68. The molecule has 1 aliphatic rings. The summed E-state index contributed by atoms with van der Waals surface area (Å²) in [5.41, 5.74) is 2.38. The Kier molecular flexibility index (Phi) is 6.42. The summed E-state index contributed by atoms with van der Waals surface area (Å²) in [4.78, 5) is 25.7. The Morgan fingerprint density at radius 1 is 1.17 bits per heavy atom. The molecule has 3 amide bonds. The number of hydrogen-bond acceptors (Lipinski definition) is 5. The van der Waals surface area contributed by atoms with Gasteiger partial charge in [0.25, 0.3) is 11.7 Å². The molecule has 0 bridgehead atoms. The second-order valence-electron chi connectivity index (χ2n) is 6.39. The number of urea groups is 1. The molecule has 158 valence electrons. The van der Waals surface area contributed by atoms with Gasteiger partial charge in [-0.25, -0.2) is 4.79 Å². The lowest BCUT2D eigenvalue weighted by Crippen LogP contribution is -2.49. The predicted molar refractivity (Wildman–Crippen MR) is 113 cm³/mol. The van der Waals surface area contributed by atoms with Gasteiger partial charge < -0.3 is 15.4 Å². The van der Waals surface area contributed by atoms with Crippen molar-refractivity contribution in [3.8, 4) is 5.75 Å². The number of hydrogen-bond donors (Lipinski definition) is 3. The first kappa shape index (κ1) is 21.8. The van der Waals surface area contributed by atoms with E-state index in [1.807, 2.05) is 0 Å². The number of nitrogens with one attached hydrogen (secondary N) is 3. The molecule has 2 aromatic rings. The molecule has 0 unspecified atom stereocenters. The molecular formula is C19H18F2N4O3S2. The summed E-state index contributed by atoms with van der Waals surface area (Å²) >= 11 is 5.60. The molecule has 2 aromatic carbocycles. The number of benzene rings is 2. The van der Waals surface area contributed by atoms with Crippen LogP contribution < -0.4 is 20.8 Å². The van der Waals surface area contributed by atoms with Gasteiger partial charge in [-0.2, -0.15) is 13.8 Å². The summed E-state index contributed by atoms with van der Waals surface area (Å²) < 4.78 is 29.9. The lowest BCUT2D eigenvalue weighted by atomic mass is 9.92. The monoisotopic (exact) mass is 452 g/mol. The van der Waals surface area contributed by atoms with Crippen molar-refractivity contribution >= 4 is 46.7 Å². The average molecular weight is 453 g/mol. The van der Waals surface area contributed by atoms with Crippen molar-refractivity contribution in [3.63, 3.8) is 0 Å². The standard InChI is InChI=1S/C19H18F2N4O3S2/c1-19(11-3-7-13(28-2)8-4-11)15(26)25(18(27)23-19)24-17(29)22-12-5-9-14(10-6-12)30-16(20)21/h3-10,16H,1-2H3,(H,23,27)(H2,22,24,29)/t19-/m0/s1. The average Bonchev–Trinajstić information content (AvgIpc) is 2.93. The molecule has 0 saturated carbocycles. The molecule has 30 heavy (non-hydrogen) atoms. The fourth-order valence-corrected chi connectivity index (χ4v) is 3.55. The van der Waals surface area contributed by atoms with Crippen LogP contribution in [-0.2, 0) is 10.3 Å². The van der Waals surface area contributed by atoms with E-state index in [4.69, 9.17) is 17.0 Å². The number of amides is 3. The smallest absolute Gasteiger partial charge is 0.344 e. The number of alkyl halides is 2. The van der Waals surface area contributed by atoms with Crippen molar-refractivity contribution in [2.75, 3.05) is 12.4 Å². The van der Waals surface area contributed by atoms with Crippen LogP contribution in [0.1, 0.15) is 12.5 Å². The lowest BCUT2D eigenvalue weighted by Gasteiger charge is -2.23. The van der Waals surface area contributed by atoms with Gasteiger partial charge in [0.2, 0.25) is 0 Å². The van der Waals surface area contributed by atoms with E-state index in [0.29, 0.717) is 33.7 Å². The fourth-order valence-electron chi connectivity index (χ4n) is 2.84. The molecule has 3 N–H and O–H groups in total. The van der Waals surface area contributed by atoms with Crippen LogP contribution in [0, 0.1) is 0 Å². The molecule has 1 fully saturated rings. The van der Waals surface area contributed by atoms with Gasteiger partial charge in [-0.1, -0.05) is 23.9 Å². The highest BCUT2D eigenvalue weighted by atomic mass is 32.2. The zero-order chi connectivity index (χ0) is 21.9. The zero-order valence-corrected chi connectivity index (χ0v) is 17.6. The fraction of sp³-hybridized carbons (Fsp3) is 0.211. The second kappa shape index (κ2) is 8.84. The number of methoxy groups -OCH3 is 1. The summed E-state index contributed by atoms with van der Waals surface area (Å²) in [5.74, 6) is -2.42. The summed E-state index contributed by atoms with van der Waals surface area (Å²) in [6.45, 7) is 1.59. The Balaban J connectivity index is 1.66. The summed E-state index contributed by atoms with van der Waals surface area (Å²) in [6.07, 6.45) is 0. The molecule has 0 radical (unpaired) electrons. The van der Waals surface area contributed by atoms with E-state index in [1.165, 1.54) is 19.2 Å². The SMILES string of the molecule is COc1ccc([C@]2(C)NC(=O)N(NC(=S)Nc3ccc(SC(F)F)cc3)C2=O)cc1. The Labute approximate surface area is 181 Å². The number of hydrazine groups is 1. The topological polar surface area (TPSA) is 82.7 Å².